The smallest absolute Gasteiger partial charge is 0.308 e. The Morgan fingerprint density at radius 2 is 1.75 bits per heavy atom. The predicted octanol–water partition coefficient (Wildman–Crippen LogP) is 2.93. The number of carbonyl (C=O) groups excluding carboxylic acids is 2. The lowest BCUT2D eigenvalue weighted by Gasteiger charge is -2.29. The van der Waals surface area contributed by atoms with Gasteiger partial charge in [0.15, 0.2) is 0 Å². The summed E-state index contributed by atoms with van der Waals surface area (Å²) in [7, 11) is 0. The molecule has 2 atom stereocenters. The minimum absolute atomic E-state index is 0.00464. The van der Waals surface area contributed by atoms with E-state index < -0.39 is 17.9 Å². The second-order valence-electron chi connectivity index (χ2n) is 7.01. The van der Waals surface area contributed by atoms with Crippen LogP contribution in [0.1, 0.15) is 36.9 Å². The van der Waals surface area contributed by atoms with Gasteiger partial charge in [0.05, 0.1) is 12.0 Å². The molecule has 2 amide bonds. The Kier molecular flexibility index (Phi) is 6.09. The number of hydrogen-bond acceptors (Lipinski definition) is 3. The van der Waals surface area contributed by atoms with Crippen LogP contribution in [0.15, 0.2) is 54.6 Å². The Bertz CT molecular complexity index is 866. The fourth-order valence-corrected chi connectivity index (χ4v) is 3.50. The van der Waals surface area contributed by atoms with E-state index >= 15 is 0 Å². The van der Waals surface area contributed by atoms with Gasteiger partial charge in [-0.2, -0.15) is 0 Å². The second kappa shape index (κ2) is 8.69. The molecule has 1 aliphatic heterocycles. The molecule has 0 fully saturated rings. The minimum Gasteiger partial charge on any atom is -0.481 e. The SMILES string of the molecule is CC(C(=O)O)C(NC(=O)CCN1C(=O)CCc2ccccc21)c1ccccc1. The van der Waals surface area contributed by atoms with Gasteiger partial charge >= 0.3 is 5.97 Å². The molecule has 146 valence electrons. The van der Waals surface area contributed by atoms with E-state index in [1.54, 1.807) is 24.0 Å². The third kappa shape index (κ3) is 4.39. The van der Waals surface area contributed by atoms with Gasteiger partial charge in [0.25, 0.3) is 0 Å². The van der Waals surface area contributed by atoms with Gasteiger partial charge < -0.3 is 15.3 Å². The Morgan fingerprint density at radius 3 is 2.46 bits per heavy atom. The minimum atomic E-state index is -0.978. The molecule has 6 heteroatoms. The molecule has 2 aromatic rings. The van der Waals surface area contributed by atoms with Crippen molar-refractivity contribution in [1.82, 2.24) is 5.32 Å². The average molecular weight is 380 g/mol. The maximum Gasteiger partial charge on any atom is 0.308 e. The van der Waals surface area contributed by atoms with Crippen LogP contribution in [0.2, 0.25) is 0 Å². The fraction of sp³-hybridized carbons (Fsp3) is 0.318. The average Bonchev–Trinajstić information content (AvgIpc) is 2.71. The number of rotatable bonds is 7. The van der Waals surface area contributed by atoms with Crippen molar-refractivity contribution in [3.8, 4) is 0 Å². The molecule has 0 saturated heterocycles. The van der Waals surface area contributed by atoms with Crippen LogP contribution in [0.5, 0.6) is 0 Å². The van der Waals surface area contributed by atoms with Crippen molar-refractivity contribution in [1.29, 1.82) is 0 Å². The summed E-state index contributed by atoms with van der Waals surface area (Å²) in [6.07, 6.45) is 1.25. The van der Waals surface area contributed by atoms with Crippen molar-refractivity contribution < 1.29 is 19.5 Å². The molecule has 0 bridgehead atoms. The highest BCUT2D eigenvalue weighted by Crippen LogP contribution is 2.28. The zero-order valence-electron chi connectivity index (χ0n) is 15.8. The molecular weight excluding hydrogens is 356 g/mol. The lowest BCUT2D eigenvalue weighted by atomic mass is 9.94. The largest absolute Gasteiger partial charge is 0.481 e. The quantitative estimate of drug-likeness (QED) is 0.773. The van der Waals surface area contributed by atoms with Gasteiger partial charge in [-0.05, 0) is 30.5 Å². The van der Waals surface area contributed by atoms with E-state index in [0.717, 1.165) is 16.8 Å². The molecule has 1 aliphatic rings. The first kappa shape index (κ1) is 19.6. The molecule has 6 nitrogen and oxygen atoms in total. The lowest BCUT2D eigenvalue weighted by molar-refractivity contribution is -0.142. The van der Waals surface area contributed by atoms with Gasteiger partial charge in [0.1, 0.15) is 0 Å². The Labute approximate surface area is 164 Å². The number of hydrogen-bond donors (Lipinski definition) is 2. The van der Waals surface area contributed by atoms with E-state index in [9.17, 15) is 19.5 Å². The molecule has 0 spiro atoms. The van der Waals surface area contributed by atoms with Crippen LogP contribution < -0.4 is 10.2 Å². The molecule has 0 aliphatic carbocycles. The van der Waals surface area contributed by atoms with Crippen LogP contribution in [-0.2, 0) is 20.8 Å². The number of aliphatic carboxylic acids is 1. The standard InChI is InChI=1S/C22H24N2O4/c1-15(22(27)28)21(17-8-3-2-4-9-17)23-19(25)13-14-24-18-10-6-5-7-16(18)11-12-20(24)26/h2-10,15,21H,11-14H2,1H3,(H,23,25)(H,27,28). The van der Waals surface area contributed by atoms with Gasteiger partial charge in [-0.25, -0.2) is 0 Å². The molecule has 2 N–H and O–H groups in total. The molecule has 28 heavy (non-hydrogen) atoms. The van der Waals surface area contributed by atoms with Crippen molar-refractivity contribution in [2.75, 3.05) is 11.4 Å². The molecule has 2 aromatic carbocycles. The summed E-state index contributed by atoms with van der Waals surface area (Å²) < 4.78 is 0. The van der Waals surface area contributed by atoms with E-state index in [1.165, 1.54) is 0 Å². The normalized spacial score (nSPS) is 15.5. The summed E-state index contributed by atoms with van der Waals surface area (Å²) in [5, 5.41) is 12.2. The van der Waals surface area contributed by atoms with Gasteiger partial charge in [0.2, 0.25) is 11.8 Å². The number of benzene rings is 2. The van der Waals surface area contributed by atoms with Crippen molar-refractivity contribution in [3.63, 3.8) is 0 Å². The van der Waals surface area contributed by atoms with E-state index in [0.29, 0.717) is 12.8 Å². The topological polar surface area (TPSA) is 86.7 Å². The summed E-state index contributed by atoms with van der Waals surface area (Å²) in [4.78, 5) is 38.0. The van der Waals surface area contributed by atoms with Crippen molar-refractivity contribution in [2.45, 2.75) is 32.2 Å². The molecular formula is C22H24N2O4. The van der Waals surface area contributed by atoms with E-state index in [4.69, 9.17) is 0 Å². The monoisotopic (exact) mass is 380 g/mol. The number of carbonyl (C=O) groups is 3. The maximum atomic E-state index is 12.6. The molecule has 0 radical (unpaired) electrons. The van der Waals surface area contributed by atoms with E-state index in [1.807, 2.05) is 42.5 Å². The Morgan fingerprint density at radius 1 is 1.07 bits per heavy atom. The van der Waals surface area contributed by atoms with Crippen LogP contribution in [0.25, 0.3) is 0 Å². The van der Waals surface area contributed by atoms with Crippen molar-refractivity contribution >= 4 is 23.5 Å². The van der Waals surface area contributed by atoms with Crippen LogP contribution in [0, 0.1) is 5.92 Å². The van der Waals surface area contributed by atoms with Gasteiger partial charge in [0, 0.05) is 25.1 Å². The molecule has 0 saturated carbocycles. The summed E-state index contributed by atoms with van der Waals surface area (Å²) in [5.41, 5.74) is 2.69. The highest BCUT2D eigenvalue weighted by Gasteiger charge is 2.28. The second-order valence-corrected chi connectivity index (χ2v) is 7.01. The Hall–Kier alpha value is -3.15. The zero-order valence-corrected chi connectivity index (χ0v) is 15.8. The maximum absolute atomic E-state index is 12.6. The van der Waals surface area contributed by atoms with E-state index in [-0.39, 0.29) is 24.8 Å². The summed E-state index contributed by atoms with van der Waals surface area (Å²) in [6.45, 7) is 1.84. The fourth-order valence-electron chi connectivity index (χ4n) is 3.50. The molecule has 2 unspecified atom stereocenters. The van der Waals surface area contributed by atoms with Crippen LogP contribution in [-0.4, -0.2) is 29.4 Å². The number of nitrogens with zero attached hydrogens (tertiary/aromatic N) is 1. The number of amides is 2. The van der Waals surface area contributed by atoms with Gasteiger partial charge in [-0.15, -0.1) is 0 Å². The zero-order chi connectivity index (χ0) is 20.1. The number of carboxylic acid groups (broad SMARTS) is 1. The molecule has 3 rings (SSSR count). The van der Waals surface area contributed by atoms with Crippen molar-refractivity contribution in [3.05, 3.63) is 65.7 Å². The Balaban J connectivity index is 1.69. The highest BCUT2D eigenvalue weighted by molar-refractivity contribution is 5.97. The number of anilines is 1. The molecule has 0 aromatic heterocycles. The summed E-state index contributed by atoms with van der Waals surface area (Å²) in [6, 6.07) is 16.1. The van der Waals surface area contributed by atoms with Crippen LogP contribution in [0.4, 0.5) is 5.69 Å². The predicted molar refractivity (Wildman–Crippen MR) is 106 cm³/mol. The van der Waals surface area contributed by atoms with E-state index in [2.05, 4.69) is 5.32 Å². The highest BCUT2D eigenvalue weighted by atomic mass is 16.4. The van der Waals surface area contributed by atoms with Gasteiger partial charge in [-0.1, -0.05) is 48.5 Å². The lowest BCUT2D eigenvalue weighted by Crippen LogP contribution is -2.40. The summed E-state index contributed by atoms with van der Waals surface area (Å²) in [5.74, 6) is -2.03. The number of para-hydroxylation sites is 1. The number of aryl methyl sites for hydroxylation is 1. The van der Waals surface area contributed by atoms with Gasteiger partial charge in [-0.3, -0.25) is 14.4 Å². The molecule has 1 heterocycles. The first-order valence-electron chi connectivity index (χ1n) is 9.42. The first-order chi connectivity index (χ1) is 13.5. The third-order valence-electron chi connectivity index (χ3n) is 5.12. The van der Waals surface area contributed by atoms with Crippen LogP contribution >= 0.6 is 0 Å². The summed E-state index contributed by atoms with van der Waals surface area (Å²) >= 11 is 0. The van der Waals surface area contributed by atoms with Crippen molar-refractivity contribution in [2.24, 2.45) is 5.92 Å². The number of carboxylic acids is 1. The third-order valence-corrected chi connectivity index (χ3v) is 5.12. The number of fused-ring (bicyclic) bond motifs is 1. The number of nitrogens with one attached hydrogen (secondary N) is 1. The first-order valence-corrected chi connectivity index (χ1v) is 9.42. The van der Waals surface area contributed by atoms with Crippen LogP contribution in [0.3, 0.4) is 0 Å².